The number of hydrogen-bond acceptors (Lipinski definition) is 4. The standard InChI is InChI=1S/C22H27N3O4S/c1-17-9-11-19(12-10-17)14-25-20(26)15-24(30(3,28)29)16-22(25,2)21(27)23-13-18-7-5-4-6-8-18/h4-12H,13-16H2,1-3H3,(H,23,27)/t22-/m0/s1. The molecular weight excluding hydrogens is 402 g/mol. The smallest absolute Gasteiger partial charge is 0.247 e. The molecule has 30 heavy (non-hydrogen) atoms. The Balaban J connectivity index is 1.88. The maximum absolute atomic E-state index is 13.2. The first-order chi connectivity index (χ1) is 14.1. The summed E-state index contributed by atoms with van der Waals surface area (Å²) in [6.07, 6.45) is 1.05. The van der Waals surface area contributed by atoms with Gasteiger partial charge in [0.2, 0.25) is 21.8 Å². The van der Waals surface area contributed by atoms with Crippen molar-refractivity contribution < 1.29 is 18.0 Å². The minimum Gasteiger partial charge on any atom is -0.350 e. The second-order valence-electron chi connectivity index (χ2n) is 7.94. The first kappa shape index (κ1) is 22.0. The van der Waals surface area contributed by atoms with Crippen LogP contribution >= 0.6 is 0 Å². The van der Waals surface area contributed by atoms with E-state index in [1.165, 1.54) is 4.90 Å². The molecule has 3 rings (SSSR count). The Morgan fingerprint density at radius 1 is 1.07 bits per heavy atom. The largest absolute Gasteiger partial charge is 0.350 e. The molecule has 1 N–H and O–H groups in total. The minimum atomic E-state index is -3.63. The van der Waals surface area contributed by atoms with Gasteiger partial charge in [0, 0.05) is 19.6 Å². The summed E-state index contributed by atoms with van der Waals surface area (Å²) >= 11 is 0. The minimum absolute atomic E-state index is 0.0932. The number of piperazine rings is 1. The molecular formula is C22H27N3O4S. The van der Waals surface area contributed by atoms with Gasteiger partial charge in [-0.25, -0.2) is 8.42 Å². The number of nitrogens with zero attached hydrogens (tertiary/aromatic N) is 2. The highest BCUT2D eigenvalue weighted by atomic mass is 32.2. The molecule has 1 saturated heterocycles. The third-order valence-corrected chi connectivity index (χ3v) is 6.60. The van der Waals surface area contributed by atoms with Gasteiger partial charge in [-0.3, -0.25) is 9.59 Å². The number of benzene rings is 2. The lowest BCUT2D eigenvalue weighted by Gasteiger charge is -2.46. The summed E-state index contributed by atoms with van der Waals surface area (Å²) < 4.78 is 25.4. The third kappa shape index (κ3) is 4.88. The predicted molar refractivity (Wildman–Crippen MR) is 115 cm³/mol. The molecule has 2 amide bonds. The molecule has 1 aliphatic heterocycles. The molecule has 0 spiro atoms. The number of carbonyl (C=O) groups is 2. The van der Waals surface area contributed by atoms with Crippen molar-refractivity contribution in [2.45, 2.75) is 32.5 Å². The van der Waals surface area contributed by atoms with Gasteiger partial charge in [-0.2, -0.15) is 4.31 Å². The quantitative estimate of drug-likeness (QED) is 0.757. The van der Waals surface area contributed by atoms with Gasteiger partial charge in [0.05, 0.1) is 12.8 Å². The first-order valence-electron chi connectivity index (χ1n) is 9.73. The summed E-state index contributed by atoms with van der Waals surface area (Å²) in [5, 5.41) is 2.87. The molecule has 8 heteroatoms. The molecule has 1 heterocycles. The highest BCUT2D eigenvalue weighted by molar-refractivity contribution is 7.88. The van der Waals surface area contributed by atoms with E-state index in [9.17, 15) is 18.0 Å². The maximum atomic E-state index is 13.2. The van der Waals surface area contributed by atoms with Crippen molar-refractivity contribution in [3.05, 3.63) is 71.3 Å². The second kappa shape index (κ2) is 8.57. The zero-order chi connectivity index (χ0) is 21.9. The van der Waals surface area contributed by atoms with Gasteiger partial charge < -0.3 is 10.2 Å². The molecule has 1 atom stereocenters. The number of rotatable bonds is 6. The van der Waals surface area contributed by atoms with Crippen LogP contribution in [0, 0.1) is 6.92 Å². The SMILES string of the molecule is Cc1ccc(CN2C(=O)CN(S(C)(=O)=O)C[C@@]2(C)C(=O)NCc2ccccc2)cc1. The van der Waals surface area contributed by atoms with Crippen LogP contribution < -0.4 is 5.32 Å². The van der Waals surface area contributed by atoms with Crippen molar-refractivity contribution in [3.63, 3.8) is 0 Å². The zero-order valence-electron chi connectivity index (χ0n) is 17.5. The third-order valence-electron chi connectivity index (χ3n) is 5.41. The summed E-state index contributed by atoms with van der Waals surface area (Å²) in [4.78, 5) is 27.7. The van der Waals surface area contributed by atoms with Crippen LogP contribution in [0.1, 0.15) is 23.6 Å². The lowest BCUT2D eigenvalue weighted by molar-refractivity contribution is -0.153. The van der Waals surface area contributed by atoms with Crippen LogP contribution in [-0.2, 0) is 32.7 Å². The van der Waals surface area contributed by atoms with Crippen molar-refractivity contribution in [2.75, 3.05) is 19.3 Å². The fraction of sp³-hybridized carbons (Fsp3) is 0.364. The zero-order valence-corrected chi connectivity index (χ0v) is 18.3. The molecule has 0 bridgehead atoms. The predicted octanol–water partition coefficient (Wildman–Crippen LogP) is 1.67. The van der Waals surface area contributed by atoms with E-state index in [-0.39, 0.29) is 25.5 Å². The first-order valence-corrected chi connectivity index (χ1v) is 11.6. The molecule has 1 fully saturated rings. The monoisotopic (exact) mass is 429 g/mol. The Bertz CT molecular complexity index is 1020. The van der Waals surface area contributed by atoms with Crippen LogP contribution in [0.25, 0.3) is 0 Å². The van der Waals surface area contributed by atoms with Crippen LogP contribution in [0.5, 0.6) is 0 Å². The Kier molecular flexibility index (Phi) is 6.28. The fourth-order valence-electron chi connectivity index (χ4n) is 3.53. The van der Waals surface area contributed by atoms with Gasteiger partial charge in [-0.1, -0.05) is 60.2 Å². The van der Waals surface area contributed by atoms with E-state index in [4.69, 9.17) is 0 Å². The van der Waals surface area contributed by atoms with Crippen LogP contribution in [0.4, 0.5) is 0 Å². The summed E-state index contributed by atoms with van der Waals surface area (Å²) in [7, 11) is -3.63. The normalized spacial score (nSPS) is 20.2. The molecule has 160 valence electrons. The second-order valence-corrected chi connectivity index (χ2v) is 9.92. The molecule has 0 saturated carbocycles. The molecule has 0 radical (unpaired) electrons. The van der Waals surface area contributed by atoms with E-state index in [1.807, 2.05) is 61.5 Å². The van der Waals surface area contributed by atoms with Crippen LogP contribution in [-0.4, -0.2) is 54.3 Å². The molecule has 0 aliphatic carbocycles. The highest BCUT2D eigenvalue weighted by Crippen LogP contribution is 2.27. The number of nitrogens with one attached hydrogen (secondary N) is 1. The summed E-state index contributed by atoms with van der Waals surface area (Å²) in [6, 6.07) is 17.1. The molecule has 0 aromatic heterocycles. The topological polar surface area (TPSA) is 86.8 Å². The van der Waals surface area contributed by atoms with Gasteiger partial charge in [-0.15, -0.1) is 0 Å². The summed E-state index contributed by atoms with van der Waals surface area (Å²) in [6.45, 7) is 3.75. The lowest BCUT2D eigenvalue weighted by atomic mass is 9.94. The van der Waals surface area contributed by atoms with Crippen molar-refractivity contribution in [1.29, 1.82) is 0 Å². The van der Waals surface area contributed by atoms with E-state index in [0.717, 1.165) is 27.3 Å². The van der Waals surface area contributed by atoms with Crippen LogP contribution in [0.2, 0.25) is 0 Å². The summed E-state index contributed by atoms with van der Waals surface area (Å²) in [5.41, 5.74) is 1.55. The van der Waals surface area contributed by atoms with Crippen molar-refractivity contribution >= 4 is 21.8 Å². The van der Waals surface area contributed by atoms with Gasteiger partial charge in [0.1, 0.15) is 5.54 Å². The summed E-state index contributed by atoms with van der Waals surface area (Å²) in [5.74, 6) is -0.787. The Morgan fingerprint density at radius 3 is 2.30 bits per heavy atom. The van der Waals surface area contributed by atoms with Crippen LogP contribution in [0.15, 0.2) is 54.6 Å². The number of carbonyl (C=O) groups excluding carboxylic acids is 2. The maximum Gasteiger partial charge on any atom is 0.247 e. The highest BCUT2D eigenvalue weighted by Gasteiger charge is 2.49. The van der Waals surface area contributed by atoms with Gasteiger partial charge in [0.15, 0.2) is 0 Å². The number of aryl methyl sites for hydroxylation is 1. The fourth-order valence-corrected chi connectivity index (χ4v) is 4.36. The van der Waals surface area contributed by atoms with E-state index >= 15 is 0 Å². The Hall–Kier alpha value is -2.71. The van der Waals surface area contributed by atoms with Crippen molar-refractivity contribution in [2.24, 2.45) is 0 Å². The van der Waals surface area contributed by atoms with Gasteiger partial charge >= 0.3 is 0 Å². The average Bonchev–Trinajstić information content (AvgIpc) is 2.70. The Labute approximate surface area is 177 Å². The number of sulfonamides is 1. The number of hydrogen-bond donors (Lipinski definition) is 1. The van der Waals surface area contributed by atoms with Gasteiger partial charge in [0.25, 0.3) is 0 Å². The van der Waals surface area contributed by atoms with Gasteiger partial charge in [-0.05, 0) is 25.0 Å². The molecule has 2 aromatic carbocycles. The molecule has 0 unspecified atom stereocenters. The average molecular weight is 430 g/mol. The van der Waals surface area contributed by atoms with E-state index in [0.29, 0.717) is 6.54 Å². The van der Waals surface area contributed by atoms with Crippen molar-refractivity contribution in [1.82, 2.24) is 14.5 Å². The van der Waals surface area contributed by atoms with E-state index in [2.05, 4.69) is 5.32 Å². The Morgan fingerprint density at radius 2 is 1.70 bits per heavy atom. The van der Waals surface area contributed by atoms with Crippen LogP contribution in [0.3, 0.4) is 0 Å². The van der Waals surface area contributed by atoms with Crippen molar-refractivity contribution in [3.8, 4) is 0 Å². The molecule has 7 nitrogen and oxygen atoms in total. The molecule has 1 aliphatic rings. The lowest BCUT2D eigenvalue weighted by Crippen LogP contribution is -2.69. The van der Waals surface area contributed by atoms with E-state index in [1.54, 1.807) is 6.92 Å². The number of amides is 2. The van der Waals surface area contributed by atoms with E-state index < -0.39 is 21.5 Å². The molecule has 2 aromatic rings.